The highest BCUT2D eigenvalue weighted by molar-refractivity contribution is 5.88. The maximum Gasteiger partial charge on any atom is 0.0594 e. The number of rotatable bonds is 3. The molecule has 2 aliphatic heterocycles. The first-order chi connectivity index (χ1) is 10.8. The number of aromatic nitrogens is 1. The van der Waals surface area contributed by atoms with Crippen molar-refractivity contribution < 1.29 is 4.74 Å². The van der Waals surface area contributed by atoms with Gasteiger partial charge in [-0.3, -0.25) is 4.90 Å². The van der Waals surface area contributed by atoms with E-state index in [2.05, 4.69) is 58.0 Å². The molecule has 2 aromatic rings. The van der Waals surface area contributed by atoms with Crippen molar-refractivity contribution >= 4 is 17.0 Å². The molecule has 4 heteroatoms. The summed E-state index contributed by atoms with van der Waals surface area (Å²) in [6, 6.07) is 8.80. The zero-order valence-corrected chi connectivity index (χ0v) is 13.2. The summed E-state index contributed by atoms with van der Waals surface area (Å²) in [4.78, 5) is 4.75. The monoisotopic (exact) mass is 297 g/mol. The van der Waals surface area contributed by atoms with Gasteiger partial charge in [-0.15, -0.1) is 0 Å². The van der Waals surface area contributed by atoms with E-state index < -0.39 is 0 Å². The van der Waals surface area contributed by atoms with Crippen molar-refractivity contribution in [3.8, 4) is 0 Å². The van der Waals surface area contributed by atoms with Gasteiger partial charge in [0.15, 0.2) is 0 Å². The minimum Gasteiger partial charge on any atom is -0.379 e. The van der Waals surface area contributed by atoms with Gasteiger partial charge >= 0.3 is 0 Å². The van der Waals surface area contributed by atoms with Gasteiger partial charge in [-0.05, 0) is 12.1 Å². The van der Waals surface area contributed by atoms with E-state index in [0.29, 0.717) is 0 Å². The Morgan fingerprint density at radius 3 is 2.77 bits per heavy atom. The van der Waals surface area contributed by atoms with E-state index in [-0.39, 0.29) is 0 Å². The predicted molar refractivity (Wildman–Crippen MR) is 89.7 cm³/mol. The van der Waals surface area contributed by atoms with Crippen LogP contribution in [-0.2, 0) is 17.8 Å². The molecule has 4 nitrogen and oxygen atoms in total. The Labute approximate surface area is 131 Å². The molecule has 0 atom stereocenters. The van der Waals surface area contributed by atoms with Crippen molar-refractivity contribution in [3.05, 3.63) is 41.7 Å². The molecule has 0 saturated carbocycles. The molecule has 3 heterocycles. The number of hydrogen-bond donors (Lipinski definition) is 0. The predicted octanol–water partition coefficient (Wildman–Crippen LogP) is 2.39. The van der Waals surface area contributed by atoms with Crippen LogP contribution in [0.25, 0.3) is 17.0 Å². The number of para-hydroxylation sites is 1. The molecule has 22 heavy (non-hydrogen) atoms. The maximum absolute atomic E-state index is 5.44. The molecule has 1 aromatic heterocycles. The first kappa shape index (κ1) is 13.9. The number of fused-ring (bicyclic) bond motifs is 3. The van der Waals surface area contributed by atoms with Gasteiger partial charge in [0.2, 0.25) is 0 Å². The molecule has 0 radical (unpaired) electrons. The molecule has 1 fully saturated rings. The van der Waals surface area contributed by atoms with E-state index in [4.69, 9.17) is 4.74 Å². The van der Waals surface area contributed by atoms with Crippen LogP contribution in [0.2, 0.25) is 0 Å². The van der Waals surface area contributed by atoms with E-state index in [1.54, 1.807) is 0 Å². The smallest absolute Gasteiger partial charge is 0.0594 e. The van der Waals surface area contributed by atoms with Gasteiger partial charge in [0.1, 0.15) is 0 Å². The van der Waals surface area contributed by atoms with Crippen LogP contribution in [0.4, 0.5) is 0 Å². The largest absolute Gasteiger partial charge is 0.379 e. The first-order valence-electron chi connectivity index (χ1n) is 8.11. The van der Waals surface area contributed by atoms with Crippen molar-refractivity contribution in [3.63, 3.8) is 0 Å². The SMILES string of the molecule is CN1C=Cc2c(c3ccccc3n2CCN2CCOCC2)C1. The van der Waals surface area contributed by atoms with Gasteiger partial charge in [-0.1, -0.05) is 18.2 Å². The molecule has 1 aromatic carbocycles. The molecule has 0 unspecified atom stereocenters. The van der Waals surface area contributed by atoms with Crippen LogP contribution in [0.5, 0.6) is 0 Å². The lowest BCUT2D eigenvalue weighted by molar-refractivity contribution is 0.0365. The molecule has 0 spiro atoms. The lowest BCUT2D eigenvalue weighted by Crippen LogP contribution is -2.38. The van der Waals surface area contributed by atoms with Gasteiger partial charge in [-0.2, -0.15) is 0 Å². The van der Waals surface area contributed by atoms with Crippen LogP contribution in [0, 0.1) is 0 Å². The van der Waals surface area contributed by atoms with Crippen molar-refractivity contribution in [2.45, 2.75) is 13.1 Å². The fraction of sp³-hybridized carbons (Fsp3) is 0.444. The average molecular weight is 297 g/mol. The summed E-state index contributed by atoms with van der Waals surface area (Å²) >= 11 is 0. The van der Waals surface area contributed by atoms with Crippen LogP contribution in [0.3, 0.4) is 0 Å². The molecule has 0 N–H and O–H groups in total. The van der Waals surface area contributed by atoms with E-state index in [9.17, 15) is 0 Å². The first-order valence-corrected chi connectivity index (χ1v) is 8.11. The second-order valence-corrected chi connectivity index (χ2v) is 6.22. The Bertz CT molecular complexity index is 698. The Balaban J connectivity index is 1.67. The zero-order chi connectivity index (χ0) is 14.9. The number of ether oxygens (including phenoxy) is 1. The standard InChI is InChI=1S/C18H23N3O/c1-19-7-6-18-16(14-19)15-4-2-3-5-17(15)21(18)9-8-20-10-12-22-13-11-20/h2-7H,8-14H2,1H3. The summed E-state index contributed by atoms with van der Waals surface area (Å²) in [6.45, 7) is 6.99. The van der Waals surface area contributed by atoms with Gasteiger partial charge < -0.3 is 14.2 Å². The second-order valence-electron chi connectivity index (χ2n) is 6.22. The van der Waals surface area contributed by atoms with E-state index in [1.165, 1.54) is 22.2 Å². The Kier molecular flexibility index (Phi) is 3.64. The highest BCUT2D eigenvalue weighted by Gasteiger charge is 2.19. The molecular weight excluding hydrogens is 274 g/mol. The van der Waals surface area contributed by atoms with Gasteiger partial charge in [0, 0.05) is 68.1 Å². The van der Waals surface area contributed by atoms with E-state index in [1.807, 2.05) is 0 Å². The zero-order valence-electron chi connectivity index (χ0n) is 13.2. The summed E-state index contributed by atoms with van der Waals surface area (Å²) in [6.07, 6.45) is 4.45. The molecule has 0 bridgehead atoms. The molecular formula is C18H23N3O. The van der Waals surface area contributed by atoms with Gasteiger partial charge in [0.05, 0.1) is 13.2 Å². The highest BCUT2D eigenvalue weighted by Crippen LogP contribution is 2.30. The van der Waals surface area contributed by atoms with Crippen molar-refractivity contribution in [2.75, 3.05) is 39.9 Å². The molecule has 4 rings (SSSR count). The Morgan fingerprint density at radius 1 is 1.09 bits per heavy atom. The molecule has 0 aliphatic carbocycles. The van der Waals surface area contributed by atoms with Gasteiger partial charge in [-0.25, -0.2) is 0 Å². The van der Waals surface area contributed by atoms with Crippen LogP contribution in [-0.4, -0.2) is 54.3 Å². The summed E-state index contributed by atoms with van der Waals surface area (Å²) in [5.41, 5.74) is 4.20. The minimum absolute atomic E-state index is 0.870. The Hall–Kier alpha value is -1.78. The molecule has 116 valence electrons. The van der Waals surface area contributed by atoms with Crippen LogP contribution < -0.4 is 0 Å². The molecule has 2 aliphatic rings. The lowest BCUT2D eigenvalue weighted by Gasteiger charge is -2.27. The lowest BCUT2D eigenvalue weighted by atomic mass is 10.1. The Morgan fingerprint density at radius 2 is 1.91 bits per heavy atom. The average Bonchev–Trinajstić information content (AvgIpc) is 2.87. The van der Waals surface area contributed by atoms with Crippen LogP contribution >= 0.6 is 0 Å². The van der Waals surface area contributed by atoms with Gasteiger partial charge in [0.25, 0.3) is 0 Å². The van der Waals surface area contributed by atoms with Crippen LogP contribution in [0.1, 0.15) is 11.3 Å². The quantitative estimate of drug-likeness (QED) is 0.868. The summed E-state index contributed by atoms with van der Waals surface area (Å²) in [5.74, 6) is 0. The number of benzene rings is 1. The number of morpholine rings is 1. The molecule has 0 amide bonds. The van der Waals surface area contributed by atoms with E-state index in [0.717, 1.165) is 45.9 Å². The fourth-order valence-electron chi connectivity index (χ4n) is 3.56. The number of hydrogen-bond acceptors (Lipinski definition) is 3. The fourth-order valence-corrected chi connectivity index (χ4v) is 3.56. The summed E-state index contributed by atoms with van der Waals surface area (Å²) in [5, 5.41) is 1.40. The molecule has 1 saturated heterocycles. The van der Waals surface area contributed by atoms with Crippen molar-refractivity contribution in [2.24, 2.45) is 0 Å². The third kappa shape index (κ3) is 2.42. The maximum atomic E-state index is 5.44. The summed E-state index contributed by atoms with van der Waals surface area (Å²) < 4.78 is 7.93. The highest BCUT2D eigenvalue weighted by atomic mass is 16.5. The van der Waals surface area contributed by atoms with Crippen LogP contribution in [0.15, 0.2) is 30.5 Å². The third-order valence-electron chi connectivity index (χ3n) is 4.76. The third-order valence-corrected chi connectivity index (χ3v) is 4.76. The topological polar surface area (TPSA) is 20.6 Å². The van der Waals surface area contributed by atoms with Crippen molar-refractivity contribution in [1.29, 1.82) is 0 Å². The summed E-state index contributed by atoms with van der Waals surface area (Å²) in [7, 11) is 2.14. The minimum atomic E-state index is 0.870. The second kappa shape index (κ2) is 5.78. The number of nitrogens with zero attached hydrogens (tertiary/aromatic N) is 3. The van der Waals surface area contributed by atoms with Crippen molar-refractivity contribution in [1.82, 2.24) is 14.4 Å². The van der Waals surface area contributed by atoms with E-state index >= 15 is 0 Å². The normalized spacial score (nSPS) is 18.9.